The van der Waals surface area contributed by atoms with E-state index in [1.54, 1.807) is 4.90 Å². The highest BCUT2D eigenvalue weighted by molar-refractivity contribution is 7.22. The Bertz CT molecular complexity index is 989. The first-order valence-electron chi connectivity index (χ1n) is 10.5. The fourth-order valence-electron chi connectivity index (χ4n) is 3.40. The van der Waals surface area contributed by atoms with Crippen LogP contribution in [0.2, 0.25) is 0 Å². The summed E-state index contributed by atoms with van der Waals surface area (Å²) in [5.74, 6) is 1.37. The number of rotatable bonds is 9. The highest BCUT2D eigenvalue weighted by atomic mass is 32.1. The molecule has 1 aliphatic heterocycles. The van der Waals surface area contributed by atoms with Crippen molar-refractivity contribution in [2.24, 2.45) is 0 Å². The number of benzene rings is 2. The Hall–Kier alpha value is -2.68. The van der Waals surface area contributed by atoms with Crippen molar-refractivity contribution in [1.29, 1.82) is 0 Å². The van der Waals surface area contributed by atoms with Crippen molar-refractivity contribution in [2.45, 2.75) is 6.92 Å². The van der Waals surface area contributed by atoms with Gasteiger partial charge in [-0.15, -0.1) is 0 Å². The minimum absolute atomic E-state index is 0.0345. The second-order valence-electron chi connectivity index (χ2n) is 7.16. The number of para-hydroxylation sites is 1. The molecule has 1 amide bonds. The summed E-state index contributed by atoms with van der Waals surface area (Å²) in [5.41, 5.74) is 0.858. The lowest BCUT2D eigenvalue weighted by atomic mass is 10.3. The van der Waals surface area contributed by atoms with Gasteiger partial charge >= 0.3 is 0 Å². The normalized spacial score (nSPS) is 14.5. The van der Waals surface area contributed by atoms with Gasteiger partial charge in [-0.05, 0) is 37.3 Å². The Kier molecular flexibility index (Phi) is 7.35. The van der Waals surface area contributed by atoms with Crippen molar-refractivity contribution in [3.05, 3.63) is 48.5 Å². The monoisotopic (exact) mass is 441 g/mol. The van der Waals surface area contributed by atoms with Crippen molar-refractivity contribution >= 4 is 32.6 Å². The molecule has 1 saturated heterocycles. The van der Waals surface area contributed by atoms with Crippen LogP contribution in [-0.2, 0) is 9.53 Å². The number of morpholine rings is 1. The molecule has 7 nitrogen and oxygen atoms in total. The molecule has 2 aromatic carbocycles. The molecule has 1 fully saturated rings. The molecule has 31 heavy (non-hydrogen) atoms. The molecule has 1 aliphatic rings. The van der Waals surface area contributed by atoms with Gasteiger partial charge in [-0.1, -0.05) is 29.5 Å². The lowest BCUT2D eigenvalue weighted by molar-refractivity contribution is -0.120. The molecule has 0 unspecified atom stereocenters. The van der Waals surface area contributed by atoms with Crippen LogP contribution < -0.4 is 14.4 Å². The van der Waals surface area contributed by atoms with Crippen LogP contribution >= 0.6 is 11.3 Å². The minimum Gasteiger partial charge on any atom is -0.494 e. The average Bonchev–Trinajstić information content (AvgIpc) is 3.22. The lowest BCUT2D eigenvalue weighted by Crippen LogP contribution is -2.44. The van der Waals surface area contributed by atoms with Crippen molar-refractivity contribution < 1.29 is 19.0 Å². The number of carbonyl (C=O) groups is 1. The van der Waals surface area contributed by atoms with Gasteiger partial charge in [0.15, 0.2) is 11.7 Å². The summed E-state index contributed by atoms with van der Waals surface area (Å²) < 4.78 is 17.8. The first-order chi connectivity index (χ1) is 15.2. The highest BCUT2D eigenvalue weighted by Gasteiger charge is 2.22. The maximum Gasteiger partial charge on any atom is 0.266 e. The standard InChI is InChI=1S/C23H27N3O4S/c1-2-29-19-8-9-20-21(16-19)31-23(24-20)26(11-10-25-12-14-28-15-13-25)22(27)17-30-18-6-4-3-5-7-18/h3-9,16H,2,10-15,17H2,1H3. The molecule has 0 bridgehead atoms. The number of ether oxygens (including phenoxy) is 3. The fraction of sp³-hybridized carbons (Fsp3) is 0.391. The fourth-order valence-corrected chi connectivity index (χ4v) is 4.43. The first-order valence-corrected chi connectivity index (χ1v) is 11.4. The van der Waals surface area contributed by atoms with Crippen molar-refractivity contribution in [1.82, 2.24) is 9.88 Å². The van der Waals surface area contributed by atoms with E-state index in [0.29, 0.717) is 24.0 Å². The summed E-state index contributed by atoms with van der Waals surface area (Å²) in [4.78, 5) is 21.9. The zero-order valence-corrected chi connectivity index (χ0v) is 18.5. The largest absolute Gasteiger partial charge is 0.494 e. The van der Waals surface area contributed by atoms with Crippen molar-refractivity contribution in [2.75, 3.05) is 57.5 Å². The third kappa shape index (κ3) is 5.72. The molecule has 164 valence electrons. The number of fused-ring (bicyclic) bond motifs is 1. The summed E-state index contributed by atoms with van der Waals surface area (Å²) in [6.07, 6.45) is 0. The van der Waals surface area contributed by atoms with Gasteiger partial charge in [0, 0.05) is 26.2 Å². The van der Waals surface area contributed by atoms with Gasteiger partial charge in [0.25, 0.3) is 5.91 Å². The van der Waals surface area contributed by atoms with Gasteiger partial charge in [0.1, 0.15) is 11.5 Å². The number of anilines is 1. The molecule has 2 heterocycles. The molecule has 0 aliphatic carbocycles. The average molecular weight is 442 g/mol. The van der Waals surface area contributed by atoms with Gasteiger partial charge < -0.3 is 14.2 Å². The molecule has 1 aromatic heterocycles. The van der Waals surface area contributed by atoms with E-state index in [9.17, 15) is 4.79 Å². The van der Waals surface area contributed by atoms with E-state index >= 15 is 0 Å². The number of hydrogen-bond acceptors (Lipinski definition) is 7. The summed E-state index contributed by atoms with van der Waals surface area (Å²) in [6.45, 7) is 7.06. The smallest absolute Gasteiger partial charge is 0.266 e. The molecule has 4 rings (SSSR count). The Balaban J connectivity index is 1.51. The summed E-state index contributed by atoms with van der Waals surface area (Å²) in [7, 11) is 0. The molecular weight excluding hydrogens is 414 g/mol. The quantitative estimate of drug-likeness (QED) is 0.507. The van der Waals surface area contributed by atoms with E-state index in [0.717, 1.165) is 48.8 Å². The van der Waals surface area contributed by atoms with Crippen LogP contribution in [0.25, 0.3) is 10.2 Å². The van der Waals surface area contributed by atoms with E-state index in [4.69, 9.17) is 19.2 Å². The van der Waals surface area contributed by atoms with Gasteiger partial charge in [0.2, 0.25) is 0 Å². The van der Waals surface area contributed by atoms with Crippen molar-refractivity contribution in [3.63, 3.8) is 0 Å². The third-order valence-electron chi connectivity index (χ3n) is 5.04. The van der Waals surface area contributed by atoms with E-state index in [2.05, 4.69) is 4.90 Å². The number of amides is 1. The highest BCUT2D eigenvalue weighted by Crippen LogP contribution is 2.31. The van der Waals surface area contributed by atoms with E-state index < -0.39 is 0 Å². The summed E-state index contributed by atoms with van der Waals surface area (Å²) in [6, 6.07) is 15.2. The zero-order valence-electron chi connectivity index (χ0n) is 17.7. The number of nitrogens with zero attached hydrogens (tertiary/aromatic N) is 3. The van der Waals surface area contributed by atoms with Crippen LogP contribution in [0.4, 0.5) is 5.13 Å². The van der Waals surface area contributed by atoms with E-state index in [1.165, 1.54) is 11.3 Å². The van der Waals surface area contributed by atoms with Crippen LogP contribution in [0.1, 0.15) is 6.92 Å². The summed E-state index contributed by atoms with van der Waals surface area (Å²) >= 11 is 1.50. The molecule has 8 heteroatoms. The number of hydrogen-bond donors (Lipinski definition) is 0. The third-order valence-corrected chi connectivity index (χ3v) is 6.08. The SMILES string of the molecule is CCOc1ccc2nc(N(CCN3CCOCC3)C(=O)COc3ccccc3)sc2c1. The molecule has 0 radical (unpaired) electrons. The van der Waals surface area contributed by atoms with Crippen LogP contribution in [0, 0.1) is 0 Å². The van der Waals surface area contributed by atoms with Crippen LogP contribution in [0.15, 0.2) is 48.5 Å². The number of carbonyl (C=O) groups excluding carboxylic acids is 1. The minimum atomic E-state index is -0.110. The lowest BCUT2D eigenvalue weighted by Gasteiger charge is -2.29. The Morgan fingerprint density at radius 2 is 1.94 bits per heavy atom. The first kappa shape index (κ1) is 21.5. The molecule has 0 spiro atoms. The second kappa shape index (κ2) is 10.6. The Morgan fingerprint density at radius 3 is 2.71 bits per heavy atom. The predicted octanol–water partition coefficient (Wildman–Crippen LogP) is 3.44. The van der Waals surface area contributed by atoms with Crippen LogP contribution in [0.5, 0.6) is 11.5 Å². The maximum atomic E-state index is 13.1. The zero-order chi connectivity index (χ0) is 21.5. The molecule has 0 atom stereocenters. The van der Waals surface area contributed by atoms with Crippen LogP contribution in [-0.4, -0.2) is 68.4 Å². The van der Waals surface area contributed by atoms with Crippen LogP contribution in [0.3, 0.4) is 0 Å². The second-order valence-corrected chi connectivity index (χ2v) is 8.17. The maximum absolute atomic E-state index is 13.1. The van der Waals surface area contributed by atoms with Gasteiger partial charge in [-0.2, -0.15) is 0 Å². The number of aromatic nitrogens is 1. The number of thiazole rings is 1. The molecule has 3 aromatic rings. The topological polar surface area (TPSA) is 64.1 Å². The van der Waals surface area contributed by atoms with E-state index in [-0.39, 0.29) is 12.5 Å². The van der Waals surface area contributed by atoms with E-state index in [1.807, 2.05) is 55.5 Å². The molecule has 0 saturated carbocycles. The molecule has 0 N–H and O–H groups in total. The van der Waals surface area contributed by atoms with Gasteiger partial charge in [0.05, 0.1) is 30.0 Å². The van der Waals surface area contributed by atoms with Gasteiger partial charge in [-0.25, -0.2) is 4.98 Å². The predicted molar refractivity (Wildman–Crippen MR) is 122 cm³/mol. The Labute approximate surface area is 186 Å². The Morgan fingerprint density at radius 1 is 1.13 bits per heavy atom. The summed E-state index contributed by atoms with van der Waals surface area (Å²) in [5, 5.41) is 0.679. The molecular formula is C23H27N3O4S. The van der Waals surface area contributed by atoms with Gasteiger partial charge in [-0.3, -0.25) is 14.6 Å². The van der Waals surface area contributed by atoms with Crippen molar-refractivity contribution in [3.8, 4) is 11.5 Å².